The maximum atomic E-state index is 13.0. The lowest BCUT2D eigenvalue weighted by molar-refractivity contribution is -0.123. The van der Waals surface area contributed by atoms with Crippen molar-refractivity contribution in [1.82, 2.24) is 15.0 Å². The molecule has 168 valence electrons. The van der Waals surface area contributed by atoms with E-state index in [1.807, 2.05) is 61.5 Å². The van der Waals surface area contributed by atoms with Crippen LogP contribution in [-0.4, -0.2) is 32.9 Å². The first kappa shape index (κ1) is 21.3. The van der Waals surface area contributed by atoms with Crippen molar-refractivity contribution in [2.75, 3.05) is 5.32 Å². The lowest BCUT2D eigenvalue weighted by Crippen LogP contribution is -2.30. The van der Waals surface area contributed by atoms with Gasteiger partial charge in [0, 0.05) is 16.6 Å². The van der Waals surface area contributed by atoms with Crippen LogP contribution in [0, 0.1) is 6.92 Å². The Labute approximate surface area is 195 Å². The molecule has 7 heteroatoms. The fourth-order valence-corrected chi connectivity index (χ4v) is 3.87. The largest absolute Gasteiger partial charge is 0.449 e. The molecule has 2 heterocycles. The molecule has 3 aromatic carbocycles. The summed E-state index contributed by atoms with van der Waals surface area (Å²) in [5.74, 6) is -0.468. The maximum absolute atomic E-state index is 13.0. The predicted octanol–water partition coefficient (Wildman–Crippen LogP) is 5.27. The summed E-state index contributed by atoms with van der Waals surface area (Å²) >= 11 is 0. The van der Waals surface area contributed by atoms with Crippen LogP contribution in [0.4, 0.5) is 5.69 Å². The van der Waals surface area contributed by atoms with Gasteiger partial charge in [0.15, 0.2) is 6.10 Å². The Morgan fingerprint density at radius 2 is 1.62 bits per heavy atom. The van der Waals surface area contributed by atoms with Gasteiger partial charge in [0.2, 0.25) is 0 Å². The number of carbonyl (C=O) groups excluding carboxylic acids is 2. The van der Waals surface area contributed by atoms with Crippen molar-refractivity contribution in [1.29, 1.82) is 0 Å². The van der Waals surface area contributed by atoms with Crippen LogP contribution in [0.5, 0.6) is 0 Å². The third-order valence-electron chi connectivity index (χ3n) is 5.55. The highest BCUT2D eigenvalue weighted by Gasteiger charge is 2.23. The zero-order chi connectivity index (χ0) is 23.7. The molecule has 1 amide bonds. The van der Waals surface area contributed by atoms with E-state index >= 15 is 0 Å². The lowest BCUT2D eigenvalue weighted by atomic mass is 10.1. The number of pyridine rings is 1. The number of nitrogens with zero attached hydrogens (tertiary/aromatic N) is 2. The number of hydrogen-bond acceptors (Lipinski definition) is 5. The molecule has 34 heavy (non-hydrogen) atoms. The molecule has 0 aliphatic heterocycles. The van der Waals surface area contributed by atoms with Gasteiger partial charge in [0.1, 0.15) is 5.82 Å². The molecule has 7 nitrogen and oxygen atoms in total. The van der Waals surface area contributed by atoms with E-state index < -0.39 is 18.0 Å². The van der Waals surface area contributed by atoms with Gasteiger partial charge in [-0.3, -0.25) is 9.78 Å². The molecule has 5 aromatic rings. The number of aryl methyl sites for hydroxylation is 1. The van der Waals surface area contributed by atoms with Crippen molar-refractivity contribution < 1.29 is 14.3 Å². The molecule has 0 spiro atoms. The Hall–Kier alpha value is -4.52. The van der Waals surface area contributed by atoms with Crippen LogP contribution in [0.25, 0.3) is 33.3 Å². The molecule has 5 rings (SSSR count). The minimum absolute atomic E-state index is 0.325. The van der Waals surface area contributed by atoms with Gasteiger partial charge in [0.25, 0.3) is 5.91 Å². The van der Waals surface area contributed by atoms with Gasteiger partial charge in [-0.1, -0.05) is 48.5 Å². The quantitative estimate of drug-likeness (QED) is 0.356. The molecule has 0 aliphatic rings. The first-order valence-corrected chi connectivity index (χ1v) is 10.9. The standard InChI is InChI=1S/C27H22N4O3/c1-16-15-24(20-11-5-6-12-21(20)28-16)31-26(32)17(2)34-27(33)19-10-4-3-9-18(19)25-29-22-13-7-8-14-23(22)30-25/h3-15,17H,1-2H3,(H,29,30)(H,28,31,32). The highest BCUT2D eigenvalue weighted by molar-refractivity contribution is 6.04. The van der Waals surface area contributed by atoms with Gasteiger partial charge in [-0.2, -0.15) is 0 Å². The number of nitrogens with one attached hydrogen (secondary N) is 2. The van der Waals surface area contributed by atoms with Crippen molar-refractivity contribution >= 4 is 39.5 Å². The van der Waals surface area contributed by atoms with E-state index in [2.05, 4.69) is 20.3 Å². The fraction of sp³-hybridized carbons (Fsp3) is 0.111. The van der Waals surface area contributed by atoms with E-state index in [0.717, 1.165) is 27.6 Å². The van der Waals surface area contributed by atoms with Crippen LogP contribution in [-0.2, 0) is 9.53 Å². The number of carbonyl (C=O) groups is 2. The number of aromatic nitrogens is 3. The summed E-state index contributed by atoms with van der Waals surface area (Å²) in [5.41, 5.74) is 4.78. The van der Waals surface area contributed by atoms with Crippen LogP contribution >= 0.6 is 0 Å². The number of ether oxygens (including phenoxy) is 1. The van der Waals surface area contributed by atoms with Crippen molar-refractivity contribution in [2.45, 2.75) is 20.0 Å². The second kappa shape index (κ2) is 8.78. The summed E-state index contributed by atoms with van der Waals surface area (Å²) in [6, 6.07) is 24.0. The second-order valence-electron chi connectivity index (χ2n) is 8.01. The number of para-hydroxylation sites is 3. The summed E-state index contributed by atoms with van der Waals surface area (Å²) in [7, 11) is 0. The molecule has 0 aliphatic carbocycles. The Kier molecular flexibility index (Phi) is 5.51. The number of esters is 1. The third-order valence-corrected chi connectivity index (χ3v) is 5.55. The van der Waals surface area contributed by atoms with E-state index in [1.165, 1.54) is 0 Å². The monoisotopic (exact) mass is 450 g/mol. The highest BCUT2D eigenvalue weighted by Crippen LogP contribution is 2.26. The second-order valence-corrected chi connectivity index (χ2v) is 8.01. The van der Waals surface area contributed by atoms with Crippen LogP contribution in [0.15, 0.2) is 78.9 Å². The number of aromatic amines is 1. The van der Waals surface area contributed by atoms with Gasteiger partial charge < -0.3 is 15.0 Å². The minimum Gasteiger partial charge on any atom is -0.449 e. The number of hydrogen-bond donors (Lipinski definition) is 2. The van der Waals surface area contributed by atoms with Gasteiger partial charge in [-0.25, -0.2) is 9.78 Å². The van der Waals surface area contributed by atoms with E-state index in [0.29, 0.717) is 22.6 Å². The number of benzene rings is 3. The van der Waals surface area contributed by atoms with Crippen molar-refractivity contribution in [2.24, 2.45) is 0 Å². The normalized spacial score (nSPS) is 11.9. The Bertz CT molecular complexity index is 1510. The molecular weight excluding hydrogens is 428 g/mol. The SMILES string of the molecule is Cc1cc(NC(=O)C(C)OC(=O)c2ccccc2-c2nc3ccccc3[nH]2)c2ccccc2n1. The Morgan fingerprint density at radius 1 is 0.912 bits per heavy atom. The average molecular weight is 450 g/mol. The summed E-state index contributed by atoms with van der Waals surface area (Å²) in [6.07, 6.45) is -1.01. The van der Waals surface area contributed by atoms with Crippen LogP contribution in [0.1, 0.15) is 23.0 Å². The zero-order valence-corrected chi connectivity index (χ0v) is 18.7. The minimum atomic E-state index is -1.01. The topological polar surface area (TPSA) is 97.0 Å². The molecule has 2 aromatic heterocycles. The van der Waals surface area contributed by atoms with Gasteiger partial charge >= 0.3 is 5.97 Å². The number of H-pyrrole nitrogens is 1. The summed E-state index contributed by atoms with van der Waals surface area (Å²) in [6.45, 7) is 3.41. The van der Waals surface area contributed by atoms with E-state index in [9.17, 15) is 9.59 Å². The van der Waals surface area contributed by atoms with Crippen LogP contribution in [0.2, 0.25) is 0 Å². The van der Waals surface area contributed by atoms with E-state index in [4.69, 9.17) is 4.74 Å². The first-order chi connectivity index (χ1) is 16.5. The summed E-state index contributed by atoms with van der Waals surface area (Å²) in [5, 5.41) is 3.69. The van der Waals surface area contributed by atoms with Crippen molar-refractivity contribution in [3.05, 3.63) is 90.1 Å². The molecule has 0 radical (unpaired) electrons. The number of anilines is 1. The van der Waals surface area contributed by atoms with Crippen LogP contribution in [0.3, 0.4) is 0 Å². The summed E-state index contributed by atoms with van der Waals surface area (Å²) in [4.78, 5) is 38.2. The maximum Gasteiger partial charge on any atom is 0.339 e. The molecule has 0 saturated heterocycles. The molecule has 1 unspecified atom stereocenters. The number of amides is 1. The number of imidazole rings is 1. The van der Waals surface area contributed by atoms with Gasteiger partial charge in [-0.15, -0.1) is 0 Å². The van der Waals surface area contributed by atoms with Crippen LogP contribution < -0.4 is 5.32 Å². The lowest BCUT2D eigenvalue weighted by Gasteiger charge is -2.16. The summed E-state index contributed by atoms with van der Waals surface area (Å²) < 4.78 is 5.54. The van der Waals surface area contributed by atoms with Gasteiger partial charge in [0.05, 0.1) is 27.8 Å². The molecule has 0 bridgehead atoms. The molecule has 1 atom stereocenters. The smallest absolute Gasteiger partial charge is 0.339 e. The average Bonchev–Trinajstić information content (AvgIpc) is 3.28. The van der Waals surface area contributed by atoms with Crippen molar-refractivity contribution in [3.63, 3.8) is 0 Å². The Morgan fingerprint density at radius 3 is 2.44 bits per heavy atom. The van der Waals surface area contributed by atoms with Gasteiger partial charge in [-0.05, 0) is 44.2 Å². The molecule has 2 N–H and O–H groups in total. The zero-order valence-electron chi connectivity index (χ0n) is 18.7. The van der Waals surface area contributed by atoms with Crippen molar-refractivity contribution in [3.8, 4) is 11.4 Å². The molecule has 0 saturated carbocycles. The highest BCUT2D eigenvalue weighted by atomic mass is 16.5. The first-order valence-electron chi connectivity index (χ1n) is 10.9. The molecule has 0 fully saturated rings. The van der Waals surface area contributed by atoms with E-state index in [-0.39, 0.29) is 0 Å². The Balaban J connectivity index is 1.37. The fourth-order valence-electron chi connectivity index (χ4n) is 3.87. The third kappa shape index (κ3) is 4.11. The number of rotatable bonds is 5. The molecular formula is C27H22N4O3. The predicted molar refractivity (Wildman–Crippen MR) is 132 cm³/mol. The number of fused-ring (bicyclic) bond motifs is 2. The van der Waals surface area contributed by atoms with E-state index in [1.54, 1.807) is 31.2 Å².